The molecule has 20 heavy (non-hydrogen) atoms. The average molecular weight is 271 g/mol. The lowest BCUT2D eigenvalue weighted by molar-refractivity contribution is 0.0222. The molecule has 0 amide bonds. The number of aromatic nitrogens is 2. The quantitative estimate of drug-likeness (QED) is 0.932. The van der Waals surface area contributed by atoms with Gasteiger partial charge in [0.25, 0.3) is 0 Å². The predicted molar refractivity (Wildman–Crippen MR) is 78.8 cm³/mol. The topological polar surface area (TPSA) is 41.2 Å². The van der Waals surface area contributed by atoms with Crippen LogP contribution in [0.15, 0.2) is 24.3 Å². The van der Waals surface area contributed by atoms with Gasteiger partial charge in [0.1, 0.15) is 5.82 Å². The minimum atomic E-state index is 0.576. The second-order valence-corrected chi connectivity index (χ2v) is 6.14. The fourth-order valence-electron chi connectivity index (χ4n) is 3.37. The molecule has 2 saturated heterocycles. The number of nitrogens with one attached hydrogen (secondary N) is 1. The molecule has 0 saturated carbocycles. The van der Waals surface area contributed by atoms with Gasteiger partial charge in [0.15, 0.2) is 0 Å². The van der Waals surface area contributed by atoms with Crippen molar-refractivity contribution in [1.82, 2.24) is 14.9 Å². The van der Waals surface area contributed by atoms with Gasteiger partial charge in [-0.15, -0.1) is 0 Å². The van der Waals surface area contributed by atoms with Crippen molar-refractivity contribution >= 4 is 11.0 Å². The van der Waals surface area contributed by atoms with Gasteiger partial charge in [-0.25, -0.2) is 4.98 Å². The van der Waals surface area contributed by atoms with E-state index in [0.29, 0.717) is 5.92 Å². The van der Waals surface area contributed by atoms with Gasteiger partial charge in [0, 0.05) is 32.2 Å². The van der Waals surface area contributed by atoms with Crippen LogP contribution in [0.2, 0.25) is 0 Å². The van der Waals surface area contributed by atoms with Gasteiger partial charge in [0.05, 0.1) is 17.6 Å². The SMILES string of the molecule is c1ccc2[nH]c(C3CN(C[C@@H]4CCCOC4)C3)nc2c1. The van der Waals surface area contributed by atoms with E-state index >= 15 is 0 Å². The number of nitrogens with zero attached hydrogens (tertiary/aromatic N) is 2. The maximum Gasteiger partial charge on any atom is 0.112 e. The van der Waals surface area contributed by atoms with E-state index < -0.39 is 0 Å². The van der Waals surface area contributed by atoms with Crippen molar-refractivity contribution in [3.05, 3.63) is 30.1 Å². The van der Waals surface area contributed by atoms with Crippen molar-refractivity contribution in [2.75, 3.05) is 32.8 Å². The molecular weight excluding hydrogens is 250 g/mol. The Morgan fingerprint density at radius 2 is 2.20 bits per heavy atom. The van der Waals surface area contributed by atoms with Crippen LogP contribution in [0.25, 0.3) is 11.0 Å². The van der Waals surface area contributed by atoms with E-state index in [0.717, 1.165) is 49.1 Å². The molecule has 4 nitrogen and oxygen atoms in total. The lowest BCUT2D eigenvalue weighted by Crippen LogP contribution is -2.48. The summed E-state index contributed by atoms with van der Waals surface area (Å²) in [4.78, 5) is 10.7. The highest BCUT2D eigenvalue weighted by Crippen LogP contribution is 2.28. The summed E-state index contributed by atoms with van der Waals surface area (Å²) in [6, 6.07) is 8.27. The van der Waals surface area contributed by atoms with E-state index in [1.54, 1.807) is 0 Å². The normalized spacial score (nSPS) is 24.9. The number of H-pyrrole nitrogens is 1. The fourth-order valence-corrected chi connectivity index (χ4v) is 3.37. The number of aromatic amines is 1. The zero-order valence-electron chi connectivity index (χ0n) is 11.7. The maximum absolute atomic E-state index is 5.56. The molecule has 4 rings (SSSR count). The number of hydrogen-bond donors (Lipinski definition) is 1. The van der Waals surface area contributed by atoms with Crippen LogP contribution in [0, 0.1) is 5.92 Å². The Hall–Kier alpha value is -1.39. The molecule has 0 bridgehead atoms. The molecular formula is C16H21N3O. The first-order valence-electron chi connectivity index (χ1n) is 7.63. The summed E-state index contributed by atoms with van der Waals surface area (Å²) in [7, 11) is 0. The Labute approximate surface area is 119 Å². The number of benzene rings is 1. The van der Waals surface area contributed by atoms with Gasteiger partial charge in [-0.2, -0.15) is 0 Å². The Morgan fingerprint density at radius 1 is 1.30 bits per heavy atom. The van der Waals surface area contributed by atoms with Crippen LogP contribution in [0.1, 0.15) is 24.6 Å². The Kier molecular flexibility index (Phi) is 3.20. The molecule has 2 aromatic rings. The fraction of sp³-hybridized carbons (Fsp3) is 0.562. The summed E-state index contributed by atoms with van der Waals surface area (Å²) in [6.45, 7) is 5.37. The predicted octanol–water partition coefficient (Wildman–Crippen LogP) is 2.39. The second kappa shape index (κ2) is 5.19. The minimum Gasteiger partial charge on any atom is -0.381 e. The van der Waals surface area contributed by atoms with Crippen molar-refractivity contribution in [2.45, 2.75) is 18.8 Å². The van der Waals surface area contributed by atoms with Crippen molar-refractivity contribution in [3.63, 3.8) is 0 Å². The van der Waals surface area contributed by atoms with Gasteiger partial charge < -0.3 is 14.6 Å². The number of imidazole rings is 1. The van der Waals surface area contributed by atoms with E-state index in [1.807, 2.05) is 6.07 Å². The summed E-state index contributed by atoms with van der Waals surface area (Å²) >= 11 is 0. The smallest absolute Gasteiger partial charge is 0.112 e. The molecule has 2 fully saturated rings. The molecule has 2 aliphatic heterocycles. The Balaban J connectivity index is 1.36. The van der Waals surface area contributed by atoms with Gasteiger partial charge in [-0.1, -0.05) is 12.1 Å². The van der Waals surface area contributed by atoms with Gasteiger partial charge >= 0.3 is 0 Å². The summed E-state index contributed by atoms with van der Waals surface area (Å²) in [5.74, 6) is 2.47. The Morgan fingerprint density at radius 3 is 3.00 bits per heavy atom. The first-order chi connectivity index (χ1) is 9.88. The maximum atomic E-state index is 5.56. The lowest BCUT2D eigenvalue weighted by Gasteiger charge is -2.40. The molecule has 1 atom stereocenters. The van der Waals surface area contributed by atoms with Gasteiger partial charge in [-0.3, -0.25) is 0 Å². The van der Waals surface area contributed by atoms with Crippen molar-refractivity contribution in [3.8, 4) is 0 Å². The molecule has 0 unspecified atom stereocenters. The van der Waals surface area contributed by atoms with Crippen LogP contribution in [-0.2, 0) is 4.74 Å². The van der Waals surface area contributed by atoms with Crippen LogP contribution in [0.5, 0.6) is 0 Å². The molecule has 2 aliphatic rings. The first-order valence-corrected chi connectivity index (χ1v) is 7.63. The van der Waals surface area contributed by atoms with E-state index in [2.05, 4.69) is 28.1 Å². The molecule has 0 spiro atoms. The molecule has 0 radical (unpaired) electrons. The summed E-state index contributed by atoms with van der Waals surface area (Å²) in [5, 5.41) is 0. The first kappa shape index (κ1) is 12.4. The molecule has 106 valence electrons. The van der Waals surface area contributed by atoms with E-state index in [1.165, 1.54) is 19.4 Å². The van der Waals surface area contributed by atoms with Crippen LogP contribution in [-0.4, -0.2) is 47.7 Å². The highest BCUT2D eigenvalue weighted by Gasteiger charge is 2.32. The van der Waals surface area contributed by atoms with E-state index in [-0.39, 0.29) is 0 Å². The lowest BCUT2D eigenvalue weighted by atomic mass is 9.95. The van der Waals surface area contributed by atoms with Crippen LogP contribution >= 0.6 is 0 Å². The third kappa shape index (κ3) is 2.34. The minimum absolute atomic E-state index is 0.576. The van der Waals surface area contributed by atoms with E-state index in [4.69, 9.17) is 9.72 Å². The molecule has 4 heteroatoms. The zero-order valence-corrected chi connectivity index (χ0v) is 11.7. The van der Waals surface area contributed by atoms with Crippen LogP contribution < -0.4 is 0 Å². The largest absolute Gasteiger partial charge is 0.381 e. The molecule has 3 heterocycles. The average Bonchev–Trinajstić information content (AvgIpc) is 2.86. The highest BCUT2D eigenvalue weighted by molar-refractivity contribution is 5.74. The van der Waals surface area contributed by atoms with Gasteiger partial charge in [-0.05, 0) is 30.9 Å². The number of para-hydroxylation sites is 2. The Bertz CT molecular complexity index is 549. The number of ether oxygens (including phenoxy) is 1. The standard InChI is InChI=1S/C16H21N3O/c1-2-6-15-14(5-1)17-16(18-15)13-9-19(10-13)8-12-4-3-7-20-11-12/h1-2,5-6,12-13H,3-4,7-11H2,(H,17,18)/t12-/m0/s1. The molecule has 0 aliphatic carbocycles. The number of fused-ring (bicyclic) bond motifs is 1. The third-order valence-electron chi connectivity index (χ3n) is 4.52. The van der Waals surface area contributed by atoms with Crippen molar-refractivity contribution in [2.24, 2.45) is 5.92 Å². The highest BCUT2D eigenvalue weighted by atomic mass is 16.5. The molecule has 1 aromatic heterocycles. The molecule has 1 aromatic carbocycles. The zero-order chi connectivity index (χ0) is 13.4. The number of hydrogen-bond acceptors (Lipinski definition) is 3. The molecule has 1 N–H and O–H groups in total. The number of likely N-dealkylation sites (tertiary alicyclic amines) is 1. The van der Waals surface area contributed by atoms with Crippen LogP contribution in [0.3, 0.4) is 0 Å². The van der Waals surface area contributed by atoms with Crippen molar-refractivity contribution in [1.29, 1.82) is 0 Å². The third-order valence-corrected chi connectivity index (χ3v) is 4.52. The van der Waals surface area contributed by atoms with Gasteiger partial charge in [0.2, 0.25) is 0 Å². The number of rotatable bonds is 3. The summed E-state index contributed by atoms with van der Waals surface area (Å²) in [6.07, 6.45) is 2.55. The van der Waals surface area contributed by atoms with Crippen LogP contribution in [0.4, 0.5) is 0 Å². The monoisotopic (exact) mass is 271 g/mol. The van der Waals surface area contributed by atoms with Crippen molar-refractivity contribution < 1.29 is 4.74 Å². The summed E-state index contributed by atoms with van der Waals surface area (Å²) in [5.41, 5.74) is 2.24. The summed E-state index contributed by atoms with van der Waals surface area (Å²) < 4.78 is 5.56. The second-order valence-electron chi connectivity index (χ2n) is 6.14. The van der Waals surface area contributed by atoms with E-state index in [9.17, 15) is 0 Å².